The molecule has 0 bridgehead atoms. The molecule has 4 aromatic carbocycles. The number of hydrogen-bond donors (Lipinski definition) is 18. The maximum absolute atomic E-state index is 14.5. The van der Waals surface area contributed by atoms with Gasteiger partial charge in [-0.05, 0) is 116 Å². The van der Waals surface area contributed by atoms with Crippen LogP contribution in [0.2, 0.25) is 0 Å². The summed E-state index contributed by atoms with van der Waals surface area (Å²) < 4.78 is 26.6. The lowest BCUT2D eigenvalue weighted by atomic mass is 9.98. The molecule has 3 aliphatic heterocycles. The van der Waals surface area contributed by atoms with Crippen LogP contribution in [0.25, 0.3) is 34.2 Å². The first kappa shape index (κ1) is 116. The van der Waals surface area contributed by atoms with Crippen LogP contribution in [0, 0.1) is 0 Å². The third-order valence-corrected chi connectivity index (χ3v) is 24.8. The number of carbonyl (C=O) groups is 17. The van der Waals surface area contributed by atoms with Gasteiger partial charge in [0.05, 0.1) is 50.6 Å². The van der Waals surface area contributed by atoms with Crippen molar-refractivity contribution in [1.82, 2.24) is 96.1 Å². The lowest BCUT2D eigenvalue weighted by molar-refractivity contribution is -0.145. The molecule has 3 aliphatic rings. The van der Waals surface area contributed by atoms with Gasteiger partial charge in [0.1, 0.15) is 77.5 Å². The molecule has 51 nitrogen and oxygen atoms in total. The number of amides is 9. The van der Waals surface area contributed by atoms with E-state index in [-0.39, 0.29) is 200 Å². The Bertz CT molecular complexity index is 5610. The van der Waals surface area contributed by atoms with Crippen molar-refractivity contribution in [2.75, 3.05) is 144 Å². The van der Waals surface area contributed by atoms with Gasteiger partial charge < -0.3 is 122 Å². The number of rotatable bonds is 55. The lowest BCUT2D eigenvalue weighted by Gasteiger charge is -2.35. The Hall–Kier alpha value is -15.1. The van der Waals surface area contributed by atoms with Crippen molar-refractivity contribution in [2.45, 2.75) is 192 Å². The topological polar surface area (TPSA) is 715 Å². The number of carboxylic acid groups (broad SMARTS) is 7. The fraction of sp³-hybridized carbons (Fsp3) is 0.536. The molecule has 148 heavy (non-hydrogen) atoms. The summed E-state index contributed by atoms with van der Waals surface area (Å²) in [5, 5.41) is 146. The number of phenolic OH excluding ortho intramolecular Hbond substituents is 4. The van der Waals surface area contributed by atoms with E-state index in [1.54, 1.807) is 82.3 Å². The molecular weight excluding hydrogens is 1940 g/mol. The van der Waals surface area contributed by atoms with Gasteiger partial charge in [-0.25, -0.2) is 0 Å². The molecule has 0 aliphatic carbocycles. The summed E-state index contributed by atoms with van der Waals surface area (Å²) in [6.07, 6.45) is -5.55. The van der Waals surface area contributed by atoms with Crippen LogP contribution in [0.1, 0.15) is 182 Å². The number of carbonyl (C=O) groups excluding carboxylic acids is 10. The van der Waals surface area contributed by atoms with Gasteiger partial charge in [0.25, 0.3) is 5.91 Å². The summed E-state index contributed by atoms with van der Waals surface area (Å²) in [5.74, 6) is -17.1. The predicted octanol–water partition coefficient (Wildman–Crippen LogP) is 1.32. The van der Waals surface area contributed by atoms with E-state index < -0.39 is 227 Å². The van der Waals surface area contributed by atoms with E-state index in [2.05, 4.69) is 57.6 Å². The Labute approximate surface area is 850 Å². The summed E-state index contributed by atoms with van der Waals surface area (Å²) >= 11 is 0. The minimum atomic E-state index is -1.85. The zero-order valence-corrected chi connectivity index (χ0v) is 83.1. The molecule has 2 aromatic heterocycles. The second kappa shape index (κ2) is 57.1. The van der Waals surface area contributed by atoms with Gasteiger partial charge in [-0.3, -0.25) is 110 Å². The quantitative estimate of drug-likeness (QED) is 0.0189. The summed E-state index contributed by atoms with van der Waals surface area (Å²) in [7, 11) is 0. The fourth-order valence-corrected chi connectivity index (χ4v) is 17.0. The molecule has 806 valence electrons. The molecular formula is C97H131N19O32. The number of likely N-dealkylation sites (tertiary alicyclic amines) is 2. The third-order valence-electron chi connectivity index (χ3n) is 24.8. The highest BCUT2D eigenvalue weighted by atomic mass is 16.5. The predicted molar refractivity (Wildman–Crippen MR) is 521 cm³/mol. The fourth-order valence-electron chi connectivity index (χ4n) is 17.0. The van der Waals surface area contributed by atoms with Gasteiger partial charge in [0.15, 0.2) is 17.4 Å². The number of benzene rings is 4. The first-order chi connectivity index (χ1) is 70.4. The van der Waals surface area contributed by atoms with Gasteiger partial charge in [-0.15, -0.1) is 20.4 Å². The molecule has 9 rings (SSSR count). The standard InChI is InChI=1S/C97H131N19O32/c1-7-98-96(142)92-108-107-91(69-49-67(57(4)5)75(119)51-77(69)121)116(92)61-10-14-63(15-11-61)148-65-27-33-114(34-28-65)82(126)47-59(46-81(125)113-31-25-64(26-32-113)147-62-12-8-60(9-13-62)115-89(58(6)117)105-106-90(115)68-48-66(56(2)3)74(118)50-76(68)120)101-79(123)24-29-100-93(139)70(16-21-83(127)128)103-95(141)72(18-23-85(131)132)104-94(140)71(17-22-84(129)130)102-80(124)55-146-45-44-145-43-30-99-78(122)20-19-73(97(143)144)112-41-39-110(53-87(135)136)37-35-109(52-86(133)134)36-38-111(40-42-112)54-88(137)138/h8-15,48-51,56-57,59,64-65,70-73,118-121H,7,16-47,52-55H2,1-6H3,(H,98,142)(H,99,122)(H,100,139)(H,101,123)(H,102,124)(H,103,141)(H,104,140)(H,127,128)(H,129,130)(H,131,132)(H,133,134)(H,135,136)(H,137,138)(H,143,144)/t59?,70-,71-,72-,73-/m1/s1. The molecule has 0 saturated carbocycles. The van der Waals surface area contributed by atoms with Crippen LogP contribution in [0.4, 0.5) is 0 Å². The number of nitrogens with zero attached hydrogens (tertiary/aromatic N) is 12. The Kier molecular flexibility index (Phi) is 45.0. The maximum atomic E-state index is 14.5. The van der Waals surface area contributed by atoms with E-state index in [0.717, 1.165) is 0 Å². The molecule has 5 heterocycles. The van der Waals surface area contributed by atoms with Crippen LogP contribution >= 0.6 is 0 Å². The lowest BCUT2D eigenvalue weighted by Crippen LogP contribution is -2.57. The van der Waals surface area contributed by atoms with E-state index in [1.807, 2.05) is 27.7 Å². The van der Waals surface area contributed by atoms with E-state index in [0.29, 0.717) is 59.7 Å². The van der Waals surface area contributed by atoms with Crippen molar-refractivity contribution in [3.63, 3.8) is 0 Å². The molecule has 0 spiro atoms. The maximum Gasteiger partial charge on any atom is 0.320 e. The Morgan fingerprint density at radius 2 is 0.818 bits per heavy atom. The van der Waals surface area contributed by atoms with E-state index in [1.165, 1.54) is 42.9 Å². The SMILES string of the molecule is CCNC(=O)c1nnc(-c2cc(C(C)C)c(O)cc2O)n1-c1ccc(OC2CCN(C(=O)CC(CC(=O)N3CCC(Oc4ccc(-n5c(C(C)=O)nnc5-c5cc(C(C)C)c(O)cc5O)cc4)CC3)NC(=O)CCNC(=O)[C@@H](CCC(=O)O)NC(=O)[C@@H](CCC(=O)O)NC(=O)[C@@H](CCC(=O)O)NC(=O)COCCOCCNC(=O)CC[C@H](C(=O)O)N3CCN(CC(=O)O)CCN(CC(=O)O)CCN(CC(=O)O)CC3)CC2)cc1. The molecule has 3 fully saturated rings. The minimum absolute atomic E-state index is 0.0140. The zero-order chi connectivity index (χ0) is 108. The zero-order valence-electron chi connectivity index (χ0n) is 83.1. The summed E-state index contributed by atoms with van der Waals surface area (Å²) in [6.45, 7) is 8.69. The molecule has 18 N–H and O–H groups in total. The number of aliphatic carboxylic acids is 7. The number of Topliss-reactive ketones (excluding diaryl/α,β-unsaturated/α-hetero) is 1. The molecule has 0 radical (unpaired) electrons. The molecule has 5 atom stereocenters. The van der Waals surface area contributed by atoms with E-state index in [9.17, 15) is 138 Å². The highest BCUT2D eigenvalue weighted by molar-refractivity contribution is 5.96. The largest absolute Gasteiger partial charge is 0.508 e. The van der Waals surface area contributed by atoms with Crippen LogP contribution < -0.4 is 46.7 Å². The Morgan fingerprint density at radius 3 is 1.23 bits per heavy atom. The number of phenols is 4. The molecule has 6 aromatic rings. The van der Waals surface area contributed by atoms with Crippen molar-refractivity contribution in [3.8, 4) is 68.6 Å². The third kappa shape index (κ3) is 36.2. The second-order valence-electron chi connectivity index (χ2n) is 36.5. The van der Waals surface area contributed by atoms with Crippen molar-refractivity contribution < 1.29 is 157 Å². The minimum Gasteiger partial charge on any atom is -0.508 e. The molecule has 3 saturated heterocycles. The number of aromatic nitrogens is 6. The van der Waals surface area contributed by atoms with Crippen molar-refractivity contribution in [3.05, 3.63) is 95.6 Å². The van der Waals surface area contributed by atoms with Crippen molar-refractivity contribution >= 4 is 101 Å². The van der Waals surface area contributed by atoms with Gasteiger partial charge >= 0.3 is 41.8 Å². The van der Waals surface area contributed by atoms with Gasteiger partial charge in [0.2, 0.25) is 58.9 Å². The van der Waals surface area contributed by atoms with Crippen molar-refractivity contribution in [1.29, 1.82) is 0 Å². The summed E-state index contributed by atoms with van der Waals surface area (Å²) in [5.41, 5.74) is 2.32. The summed E-state index contributed by atoms with van der Waals surface area (Å²) in [4.78, 5) is 231. The number of hydrogen-bond acceptors (Lipinski definition) is 33. The van der Waals surface area contributed by atoms with E-state index in [4.69, 9.17) is 18.9 Å². The molecule has 1 unspecified atom stereocenters. The normalized spacial score (nSPS) is 15.4. The van der Waals surface area contributed by atoms with Gasteiger partial charge in [-0.1, -0.05) is 27.7 Å². The highest BCUT2D eigenvalue weighted by Gasteiger charge is 2.37. The highest BCUT2D eigenvalue weighted by Crippen LogP contribution is 2.41. The smallest absolute Gasteiger partial charge is 0.320 e. The van der Waals surface area contributed by atoms with Crippen molar-refractivity contribution in [2.24, 2.45) is 0 Å². The Balaban J connectivity index is 0.794. The number of piperidine rings is 2. The number of aromatic hydroxyl groups is 4. The second-order valence-corrected chi connectivity index (χ2v) is 36.5. The van der Waals surface area contributed by atoms with Crippen LogP contribution in [-0.4, -0.2) is 402 Å². The van der Waals surface area contributed by atoms with Gasteiger partial charge in [0, 0.05) is 205 Å². The first-order valence-electron chi connectivity index (χ1n) is 48.7. The number of carboxylic acids is 7. The van der Waals surface area contributed by atoms with Crippen LogP contribution in [-0.2, 0) is 81.4 Å². The van der Waals surface area contributed by atoms with Crippen LogP contribution in [0.5, 0.6) is 34.5 Å². The number of nitrogens with one attached hydrogen (secondary N) is 7. The average Bonchev–Trinajstić information content (AvgIpc) is 1.59. The Morgan fingerprint density at radius 1 is 0.405 bits per heavy atom. The van der Waals surface area contributed by atoms with Gasteiger partial charge in [-0.2, -0.15) is 0 Å². The van der Waals surface area contributed by atoms with Crippen LogP contribution in [0.15, 0.2) is 72.8 Å². The number of ketones is 1. The first-order valence-corrected chi connectivity index (χ1v) is 48.7. The average molecular weight is 2080 g/mol. The monoisotopic (exact) mass is 2070 g/mol. The molecule has 51 heteroatoms. The van der Waals surface area contributed by atoms with E-state index >= 15 is 0 Å². The van der Waals surface area contributed by atoms with Crippen LogP contribution in [0.3, 0.4) is 0 Å². The molecule has 9 amide bonds. The summed E-state index contributed by atoms with van der Waals surface area (Å²) in [6, 6.07) is 11.1. The number of ether oxygens (including phenoxy) is 4.